The number of thioether (sulfide) groups is 1. The van der Waals surface area contributed by atoms with Crippen LogP contribution in [0.15, 0.2) is 72.3 Å². The fourth-order valence-corrected chi connectivity index (χ4v) is 5.42. The second kappa shape index (κ2) is 17.2. The number of carboxylic acid groups (broad SMARTS) is 1. The maximum absolute atomic E-state index is 13.2. The molecule has 230 valence electrons. The SMILES string of the molecule is COc1ccc(OCC2=CC=CCC2)cc1CC(=O)NC(C(=O)NC(CC(=O)O)C(=O)CSCc1ccccc1)C(C)C. The number of rotatable bonds is 17. The van der Waals surface area contributed by atoms with Crippen molar-refractivity contribution in [1.82, 2.24) is 10.6 Å². The van der Waals surface area contributed by atoms with Crippen LogP contribution in [0.3, 0.4) is 0 Å². The average Bonchev–Trinajstić information content (AvgIpc) is 2.99. The minimum Gasteiger partial charge on any atom is -0.496 e. The summed E-state index contributed by atoms with van der Waals surface area (Å²) >= 11 is 1.35. The van der Waals surface area contributed by atoms with Crippen molar-refractivity contribution in [3.8, 4) is 11.5 Å². The number of methoxy groups -OCH3 is 1. The van der Waals surface area contributed by atoms with E-state index in [9.17, 15) is 24.3 Å². The minimum atomic E-state index is -1.21. The third-order valence-corrected chi connectivity index (χ3v) is 7.86. The Labute approximate surface area is 257 Å². The van der Waals surface area contributed by atoms with Crippen LogP contribution in [-0.4, -0.2) is 60.2 Å². The van der Waals surface area contributed by atoms with Crippen LogP contribution in [-0.2, 0) is 31.4 Å². The first kappa shape index (κ1) is 33.5. The largest absolute Gasteiger partial charge is 0.496 e. The number of Topliss-reactive ketones (excluding diaryl/α,β-unsaturated/α-hetero) is 1. The van der Waals surface area contributed by atoms with Crippen LogP contribution < -0.4 is 20.1 Å². The molecule has 2 amide bonds. The number of carboxylic acids is 1. The van der Waals surface area contributed by atoms with Gasteiger partial charge >= 0.3 is 5.97 Å². The summed E-state index contributed by atoms with van der Waals surface area (Å²) in [6.45, 7) is 3.97. The fraction of sp³-hybridized carbons (Fsp3) is 0.394. The normalized spacial score (nSPS) is 13.9. The Morgan fingerprint density at radius 1 is 1.05 bits per heavy atom. The first-order chi connectivity index (χ1) is 20.7. The molecule has 43 heavy (non-hydrogen) atoms. The van der Waals surface area contributed by atoms with E-state index in [0.29, 0.717) is 29.4 Å². The number of nitrogens with one attached hydrogen (secondary N) is 2. The van der Waals surface area contributed by atoms with Gasteiger partial charge in [0.15, 0.2) is 5.78 Å². The maximum Gasteiger partial charge on any atom is 0.305 e. The smallest absolute Gasteiger partial charge is 0.305 e. The lowest BCUT2D eigenvalue weighted by Gasteiger charge is -2.25. The molecular formula is C33H40N2O7S. The number of amides is 2. The van der Waals surface area contributed by atoms with Crippen molar-refractivity contribution in [2.75, 3.05) is 19.5 Å². The summed E-state index contributed by atoms with van der Waals surface area (Å²) in [4.78, 5) is 50.8. The molecule has 3 N–H and O–H groups in total. The van der Waals surface area contributed by atoms with Crippen molar-refractivity contribution in [2.24, 2.45) is 5.92 Å². The number of ketones is 1. The van der Waals surface area contributed by atoms with Gasteiger partial charge in [0.25, 0.3) is 0 Å². The quantitative estimate of drug-likeness (QED) is 0.239. The van der Waals surface area contributed by atoms with Gasteiger partial charge in [0.2, 0.25) is 11.8 Å². The third-order valence-electron chi connectivity index (χ3n) is 6.83. The van der Waals surface area contributed by atoms with Gasteiger partial charge in [0, 0.05) is 11.3 Å². The molecule has 2 atom stereocenters. The molecule has 2 unspecified atom stereocenters. The first-order valence-corrected chi connectivity index (χ1v) is 15.4. The van der Waals surface area contributed by atoms with Gasteiger partial charge in [-0.2, -0.15) is 0 Å². The number of benzene rings is 2. The monoisotopic (exact) mass is 608 g/mol. The zero-order valence-corrected chi connectivity index (χ0v) is 25.7. The Balaban J connectivity index is 1.61. The highest BCUT2D eigenvalue weighted by Crippen LogP contribution is 2.26. The molecule has 2 aromatic rings. The van der Waals surface area contributed by atoms with Gasteiger partial charge in [0.1, 0.15) is 24.1 Å². The van der Waals surface area contributed by atoms with E-state index in [2.05, 4.69) is 16.7 Å². The lowest BCUT2D eigenvalue weighted by Crippen LogP contribution is -2.54. The Morgan fingerprint density at radius 3 is 2.47 bits per heavy atom. The molecule has 0 fully saturated rings. The van der Waals surface area contributed by atoms with E-state index in [1.165, 1.54) is 24.4 Å². The standard InChI is InChI=1S/C33H40N2O7S/c1-22(2)32(33(40)34-27(18-31(38)39)28(36)21-43-20-24-12-8-5-9-13-24)35-30(37)17-25-16-26(14-15-29(25)41-3)42-19-23-10-6-4-7-11-23/h4-6,8-10,12-16,22,27,32H,7,11,17-21H2,1-3H3,(H,34,40)(H,35,37)(H,38,39). The second-order valence-corrected chi connectivity index (χ2v) is 11.6. The number of ether oxygens (including phenoxy) is 2. The number of hydrogen-bond donors (Lipinski definition) is 3. The molecule has 1 aliphatic rings. The number of allylic oxidation sites excluding steroid dienone is 3. The molecule has 2 aromatic carbocycles. The second-order valence-electron chi connectivity index (χ2n) is 10.6. The number of carbonyl (C=O) groups is 4. The lowest BCUT2D eigenvalue weighted by molar-refractivity contribution is -0.140. The Bertz CT molecular complexity index is 1320. The van der Waals surface area contributed by atoms with Gasteiger partial charge in [0.05, 0.1) is 31.7 Å². The van der Waals surface area contributed by atoms with Crippen molar-refractivity contribution < 1.29 is 33.8 Å². The van der Waals surface area contributed by atoms with Crippen LogP contribution >= 0.6 is 11.8 Å². The molecule has 10 heteroatoms. The first-order valence-electron chi connectivity index (χ1n) is 14.3. The lowest BCUT2D eigenvalue weighted by atomic mass is 10.0. The van der Waals surface area contributed by atoms with Crippen molar-refractivity contribution in [3.63, 3.8) is 0 Å². The highest BCUT2D eigenvalue weighted by atomic mass is 32.2. The number of aliphatic carboxylic acids is 1. The summed E-state index contributed by atoms with van der Waals surface area (Å²) in [5.74, 6) is -1.25. The molecular weight excluding hydrogens is 568 g/mol. The summed E-state index contributed by atoms with van der Waals surface area (Å²) in [6.07, 6.45) is 7.45. The molecule has 0 bridgehead atoms. The zero-order chi connectivity index (χ0) is 31.2. The number of hydrogen-bond acceptors (Lipinski definition) is 7. The summed E-state index contributed by atoms with van der Waals surface area (Å²) in [5.41, 5.74) is 2.81. The topological polar surface area (TPSA) is 131 Å². The third kappa shape index (κ3) is 11.3. The molecule has 9 nitrogen and oxygen atoms in total. The van der Waals surface area contributed by atoms with Gasteiger partial charge in [-0.3, -0.25) is 19.2 Å². The van der Waals surface area contributed by atoms with E-state index in [1.54, 1.807) is 32.0 Å². The van der Waals surface area contributed by atoms with Crippen LogP contribution in [0.1, 0.15) is 44.2 Å². The minimum absolute atomic E-state index is 0.0397. The van der Waals surface area contributed by atoms with Crippen molar-refractivity contribution in [1.29, 1.82) is 0 Å². The molecule has 0 spiro atoms. The van der Waals surface area contributed by atoms with Crippen molar-refractivity contribution >= 4 is 35.3 Å². The Morgan fingerprint density at radius 2 is 1.81 bits per heavy atom. The van der Waals surface area contributed by atoms with Crippen LogP contribution in [0.4, 0.5) is 0 Å². The van der Waals surface area contributed by atoms with Crippen molar-refractivity contribution in [3.05, 3.63) is 83.5 Å². The molecule has 0 saturated carbocycles. The van der Waals surface area contributed by atoms with Crippen LogP contribution in [0.5, 0.6) is 11.5 Å². The molecule has 0 aliphatic heterocycles. The van der Waals surface area contributed by atoms with Gasteiger partial charge in [-0.05, 0) is 48.1 Å². The van der Waals surface area contributed by atoms with Crippen LogP contribution in [0.25, 0.3) is 0 Å². The fourth-order valence-electron chi connectivity index (χ4n) is 4.49. The van der Waals surface area contributed by atoms with E-state index in [-0.39, 0.29) is 18.1 Å². The Hall–Kier alpha value is -4.05. The zero-order valence-electron chi connectivity index (χ0n) is 24.8. The predicted octanol–water partition coefficient (Wildman–Crippen LogP) is 4.50. The van der Waals surface area contributed by atoms with Gasteiger partial charge < -0.3 is 25.2 Å². The van der Waals surface area contributed by atoms with E-state index >= 15 is 0 Å². The van der Waals surface area contributed by atoms with Gasteiger partial charge in [-0.1, -0.05) is 62.4 Å². The van der Waals surface area contributed by atoms with E-state index in [1.807, 2.05) is 42.5 Å². The van der Waals surface area contributed by atoms with Gasteiger partial charge in [-0.25, -0.2) is 0 Å². The van der Waals surface area contributed by atoms with E-state index in [4.69, 9.17) is 9.47 Å². The maximum atomic E-state index is 13.2. The van der Waals surface area contributed by atoms with E-state index in [0.717, 1.165) is 18.4 Å². The molecule has 0 heterocycles. The van der Waals surface area contributed by atoms with Crippen molar-refractivity contribution in [2.45, 2.75) is 57.4 Å². The summed E-state index contributed by atoms with van der Waals surface area (Å²) < 4.78 is 11.4. The molecule has 0 aromatic heterocycles. The van der Waals surface area contributed by atoms with Gasteiger partial charge in [-0.15, -0.1) is 11.8 Å². The highest BCUT2D eigenvalue weighted by Gasteiger charge is 2.30. The summed E-state index contributed by atoms with van der Waals surface area (Å²) in [5, 5.41) is 14.7. The van der Waals surface area contributed by atoms with E-state index < -0.39 is 42.1 Å². The molecule has 1 aliphatic carbocycles. The molecule has 0 radical (unpaired) electrons. The van der Waals surface area contributed by atoms with Crippen LogP contribution in [0, 0.1) is 5.92 Å². The summed E-state index contributed by atoms with van der Waals surface area (Å²) in [7, 11) is 1.51. The number of carbonyl (C=O) groups excluding carboxylic acids is 3. The molecule has 0 saturated heterocycles. The Kier molecular flexibility index (Phi) is 13.3. The van der Waals surface area contributed by atoms with Crippen LogP contribution in [0.2, 0.25) is 0 Å². The molecule has 3 rings (SSSR count). The average molecular weight is 609 g/mol. The summed E-state index contributed by atoms with van der Waals surface area (Å²) in [6, 6.07) is 12.7. The highest BCUT2D eigenvalue weighted by molar-refractivity contribution is 7.99. The predicted molar refractivity (Wildman–Crippen MR) is 167 cm³/mol.